The van der Waals surface area contributed by atoms with Crippen LogP contribution in [0.3, 0.4) is 0 Å². The number of hydrogen-bond acceptors (Lipinski definition) is 23. The highest BCUT2D eigenvalue weighted by Gasteiger charge is 2.56. The van der Waals surface area contributed by atoms with E-state index in [9.17, 15) is 52.7 Å². The van der Waals surface area contributed by atoms with Crippen LogP contribution in [-0.4, -0.2) is 148 Å². The van der Waals surface area contributed by atoms with E-state index in [0.717, 1.165) is 103 Å². The Balaban J connectivity index is 0.000000150. The lowest BCUT2D eigenvalue weighted by molar-refractivity contribution is -0.180. The zero-order chi connectivity index (χ0) is 69.1. The molecule has 0 amide bonds. The van der Waals surface area contributed by atoms with E-state index in [4.69, 9.17) is 56.8 Å². The lowest BCUT2D eigenvalue weighted by Crippen LogP contribution is -2.46. The molecule has 16 bridgehead atoms. The number of fused-ring (bicyclic) bond motifs is 4. The van der Waals surface area contributed by atoms with Crippen LogP contribution in [0.4, 0.5) is 0 Å². The molecule has 0 aromatic carbocycles. The summed E-state index contributed by atoms with van der Waals surface area (Å²) in [5.74, 6) is -0.722. The third-order valence-corrected chi connectivity index (χ3v) is 23.5. The molecule has 0 aromatic heterocycles. The molecule has 8 aliphatic heterocycles. The van der Waals surface area contributed by atoms with Gasteiger partial charge in [0.1, 0.15) is 49.3 Å². The molecule has 0 spiro atoms. The van der Waals surface area contributed by atoms with Gasteiger partial charge in [-0.2, -0.15) is 0 Å². The molecule has 20 unspecified atom stereocenters. The van der Waals surface area contributed by atoms with Gasteiger partial charge in [0.15, 0.2) is 19.8 Å². The number of hydrogen-bond donors (Lipinski definition) is 0. The minimum atomic E-state index is -0.814. The van der Waals surface area contributed by atoms with E-state index in [0.29, 0.717) is 67.8 Å². The highest BCUT2D eigenvalue weighted by Crippen LogP contribution is 2.52. The number of esters is 11. The number of ether oxygens (including phenoxy) is 12. The van der Waals surface area contributed by atoms with Crippen LogP contribution in [0.2, 0.25) is 0 Å². The van der Waals surface area contributed by atoms with Crippen LogP contribution >= 0.6 is 0 Å². The van der Waals surface area contributed by atoms with Crippen LogP contribution in [0.15, 0.2) is 0 Å². The van der Waals surface area contributed by atoms with E-state index in [1.807, 2.05) is 55.4 Å². The topological polar surface area (TPSA) is 299 Å². The van der Waals surface area contributed by atoms with Crippen molar-refractivity contribution in [3.8, 4) is 0 Å². The highest BCUT2D eigenvalue weighted by molar-refractivity contribution is 5.82. The summed E-state index contributed by atoms with van der Waals surface area (Å²) in [6.07, 6.45) is 14.7. The van der Waals surface area contributed by atoms with Crippen LogP contribution < -0.4 is 0 Å². The van der Waals surface area contributed by atoms with Crippen LogP contribution in [-0.2, 0) is 110 Å². The van der Waals surface area contributed by atoms with Gasteiger partial charge in [0.2, 0.25) is 0 Å². The standard InChI is InChI=1S/C20H28O8.C18H26O6.C18H28O5.C16H24O4/c1-4-20(2,3)19(24)26-9-15(21)25-10-16(22)28-17-12-5-11-6-13(8-12)18(23)27-14(17)7-11;1-4-18(2,3)17(21)22-9-14(19)24-15-11-5-10-6-12(8-11)16(20)23-13(15)7-10;1-4-18(2,3)17(20)22-6-5-21-15-12-7-11-8-13(10-12)16(19)23-14(15)9-11;1-4-16(2,3)15(18)20-13-10-5-9-6-11(8-10)14(17)19-12(13)7-9/h11-14,17H,4-10H2,1-3H3;10-13,15H,4-9H2,1-3H3;11-15H,4-10H2,1-3H3;9-13H,4-8H2,1-3H3. The summed E-state index contributed by atoms with van der Waals surface area (Å²) in [5, 5.41) is 0. The molecule has 20 atom stereocenters. The molecule has 23 nitrogen and oxygen atoms in total. The molecular weight excluding hydrogens is 1230 g/mol. The Morgan fingerprint density at radius 1 is 0.326 bits per heavy atom. The molecule has 532 valence electrons. The quantitative estimate of drug-likeness (QED) is 0.0587. The van der Waals surface area contributed by atoms with E-state index in [-0.39, 0.29) is 115 Å². The zero-order valence-corrected chi connectivity index (χ0v) is 58.1. The Morgan fingerprint density at radius 2 is 0.611 bits per heavy atom. The second-order valence-corrected chi connectivity index (χ2v) is 32.0. The summed E-state index contributed by atoms with van der Waals surface area (Å²) in [5.41, 5.74) is -2.21. The summed E-state index contributed by atoms with van der Waals surface area (Å²) in [6.45, 7) is 21.4. The fourth-order valence-corrected chi connectivity index (χ4v) is 16.4. The van der Waals surface area contributed by atoms with Crippen molar-refractivity contribution < 1.29 is 110 Å². The van der Waals surface area contributed by atoms with Crippen molar-refractivity contribution in [2.45, 2.75) is 260 Å². The predicted octanol–water partition coefficient (Wildman–Crippen LogP) is 9.43. The molecule has 0 radical (unpaired) electrons. The van der Waals surface area contributed by atoms with Gasteiger partial charge in [0.25, 0.3) is 0 Å². The maximum absolute atomic E-state index is 12.3. The van der Waals surface area contributed by atoms with Crippen molar-refractivity contribution in [1.82, 2.24) is 0 Å². The maximum atomic E-state index is 12.3. The molecule has 0 N–H and O–H groups in total. The van der Waals surface area contributed by atoms with Crippen LogP contribution in [0.5, 0.6) is 0 Å². The van der Waals surface area contributed by atoms with Crippen molar-refractivity contribution in [2.75, 3.05) is 33.0 Å². The van der Waals surface area contributed by atoms with Gasteiger partial charge in [-0.15, -0.1) is 0 Å². The van der Waals surface area contributed by atoms with Gasteiger partial charge in [-0.05, 0) is 213 Å². The van der Waals surface area contributed by atoms with Gasteiger partial charge in [0, 0.05) is 17.8 Å². The van der Waals surface area contributed by atoms with Crippen LogP contribution in [0, 0.1) is 92.7 Å². The van der Waals surface area contributed by atoms with E-state index >= 15 is 0 Å². The van der Waals surface area contributed by atoms with Gasteiger partial charge in [-0.1, -0.05) is 27.7 Å². The summed E-state index contributed by atoms with van der Waals surface area (Å²) in [4.78, 5) is 132. The van der Waals surface area contributed by atoms with Crippen LogP contribution in [0.1, 0.15) is 212 Å². The Morgan fingerprint density at radius 3 is 0.958 bits per heavy atom. The van der Waals surface area contributed by atoms with Gasteiger partial charge in [-0.25, -0.2) is 14.4 Å². The lowest BCUT2D eigenvalue weighted by Gasteiger charge is -2.42. The first-order chi connectivity index (χ1) is 44.8. The third kappa shape index (κ3) is 17.7. The van der Waals surface area contributed by atoms with Crippen LogP contribution in [0.25, 0.3) is 0 Å². The molecule has 8 saturated carbocycles. The van der Waals surface area contributed by atoms with Crippen molar-refractivity contribution >= 4 is 65.7 Å². The molecule has 23 heteroatoms. The third-order valence-electron chi connectivity index (χ3n) is 23.5. The fraction of sp³-hybridized carbons (Fsp3) is 0.847. The second-order valence-electron chi connectivity index (χ2n) is 32.0. The average molecular weight is 1340 g/mol. The number of carbonyl (C=O) groups excluding carboxylic acids is 11. The van der Waals surface area contributed by atoms with E-state index < -0.39 is 83.0 Å². The summed E-state index contributed by atoms with van der Waals surface area (Å²) in [7, 11) is 0. The van der Waals surface area contributed by atoms with Crippen molar-refractivity contribution in [1.29, 1.82) is 0 Å². The molecule has 16 aliphatic rings. The lowest BCUT2D eigenvalue weighted by atomic mass is 9.67. The second kappa shape index (κ2) is 30.5. The van der Waals surface area contributed by atoms with Gasteiger partial charge < -0.3 is 56.8 Å². The predicted molar refractivity (Wildman–Crippen MR) is 335 cm³/mol. The van der Waals surface area contributed by atoms with Crippen molar-refractivity contribution in [3.05, 3.63) is 0 Å². The number of rotatable bonds is 21. The Hall–Kier alpha value is -5.87. The van der Waals surface area contributed by atoms with E-state index in [2.05, 4.69) is 0 Å². The summed E-state index contributed by atoms with van der Waals surface area (Å²) >= 11 is 0. The Labute approximate surface area is 559 Å². The van der Waals surface area contributed by atoms with Gasteiger partial charge >= 0.3 is 65.7 Å². The fourth-order valence-electron chi connectivity index (χ4n) is 16.4. The largest absolute Gasteiger partial charge is 0.463 e. The SMILES string of the molecule is CCC(C)(C)C(=O)OC1C2CC3CC(C2)C(=O)OC1C3.CCC(C)(C)C(=O)OCC(=O)OC1C2CC3CC(C2)C(=O)OC1C3.CCC(C)(C)C(=O)OCC(=O)OCC(=O)OC1C2CC3CC(C2)C(=O)OC1C3.CCC(C)(C)C(=O)OCCOC1C2CC3CC(C2)C(=O)OC1C3. The molecule has 16 rings (SSSR count). The summed E-state index contributed by atoms with van der Waals surface area (Å²) in [6, 6.07) is 0. The normalized spacial score (nSPS) is 34.8. The van der Waals surface area contributed by atoms with E-state index in [1.165, 1.54) is 0 Å². The molecule has 16 fully saturated rings. The smallest absolute Gasteiger partial charge is 0.344 e. The highest BCUT2D eigenvalue weighted by atomic mass is 16.6. The van der Waals surface area contributed by atoms with Crippen molar-refractivity contribution in [3.63, 3.8) is 0 Å². The Bertz CT molecular complexity index is 2840. The van der Waals surface area contributed by atoms with Gasteiger partial charge in [-0.3, -0.25) is 38.4 Å². The molecule has 0 aromatic rings. The van der Waals surface area contributed by atoms with Crippen molar-refractivity contribution in [2.24, 2.45) is 92.7 Å². The number of carbonyl (C=O) groups is 11. The molecule has 95 heavy (non-hydrogen) atoms. The summed E-state index contributed by atoms with van der Waals surface area (Å²) < 4.78 is 65.3. The maximum Gasteiger partial charge on any atom is 0.344 e. The molecule has 8 saturated heterocycles. The first kappa shape index (κ1) is 73.4. The molecular formula is C72H106O23. The first-order valence-corrected chi connectivity index (χ1v) is 35.5. The minimum absolute atomic E-state index is 0.0293. The van der Waals surface area contributed by atoms with Gasteiger partial charge in [0.05, 0.1) is 58.0 Å². The first-order valence-electron chi connectivity index (χ1n) is 35.5. The minimum Gasteiger partial charge on any atom is -0.463 e. The molecule has 8 aliphatic carbocycles. The zero-order valence-electron chi connectivity index (χ0n) is 58.1. The monoisotopic (exact) mass is 1340 g/mol. The molecule has 8 heterocycles. The Kier molecular flexibility index (Phi) is 23.6. The van der Waals surface area contributed by atoms with E-state index in [1.54, 1.807) is 27.7 Å². The average Bonchev–Trinajstić information content (AvgIpc) is 1.70.